The van der Waals surface area contributed by atoms with Crippen LogP contribution < -0.4 is 11.1 Å². The second kappa shape index (κ2) is 6.54. The standard InChI is InChI=1S/C19H21ClN4/c20-17-11-22-19(23-14-8-6-13(21)7-9-14)24-18(17)16-10-5-12-3-1-2-4-15(12)16/h1-4,10-11,13-14H,5-9,21H2,(H,22,23,24). The topological polar surface area (TPSA) is 63.8 Å². The van der Waals surface area contributed by atoms with Gasteiger partial charge >= 0.3 is 0 Å². The summed E-state index contributed by atoms with van der Waals surface area (Å²) in [5.74, 6) is 0.653. The summed E-state index contributed by atoms with van der Waals surface area (Å²) in [6.45, 7) is 0. The van der Waals surface area contributed by atoms with Gasteiger partial charge in [0, 0.05) is 17.7 Å². The average Bonchev–Trinajstić information content (AvgIpc) is 3.03. The molecule has 0 aliphatic heterocycles. The van der Waals surface area contributed by atoms with Crippen LogP contribution in [-0.4, -0.2) is 22.1 Å². The number of hydrogen-bond donors (Lipinski definition) is 2. The summed E-state index contributed by atoms with van der Waals surface area (Å²) in [6.07, 6.45) is 9.05. The molecule has 124 valence electrons. The first-order valence-electron chi connectivity index (χ1n) is 8.54. The van der Waals surface area contributed by atoms with Crippen LogP contribution in [0.2, 0.25) is 5.02 Å². The van der Waals surface area contributed by atoms with E-state index < -0.39 is 0 Å². The third-order valence-corrected chi connectivity index (χ3v) is 5.21. The normalized spacial score (nSPS) is 22.8. The third kappa shape index (κ3) is 3.04. The van der Waals surface area contributed by atoms with Crippen molar-refractivity contribution < 1.29 is 0 Å². The van der Waals surface area contributed by atoms with Gasteiger partial charge in [0.25, 0.3) is 0 Å². The van der Waals surface area contributed by atoms with Crippen LogP contribution in [0.15, 0.2) is 36.5 Å². The fourth-order valence-corrected chi connectivity index (χ4v) is 3.77. The molecular weight excluding hydrogens is 320 g/mol. The average molecular weight is 341 g/mol. The van der Waals surface area contributed by atoms with Crippen LogP contribution in [0, 0.1) is 0 Å². The minimum absolute atomic E-state index is 0.338. The minimum atomic E-state index is 0.338. The molecule has 0 bridgehead atoms. The van der Waals surface area contributed by atoms with E-state index in [-0.39, 0.29) is 0 Å². The van der Waals surface area contributed by atoms with E-state index in [0.717, 1.165) is 43.4 Å². The quantitative estimate of drug-likeness (QED) is 0.892. The number of aromatic nitrogens is 2. The number of benzene rings is 1. The lowest BCUT2D eigenvalue weighted by molar-refractivity contribution is 0.410. The Bertz CT molecular complexity index is 779. The molecule has 0 atom stereocenters. The first-order valence-corrected chi connectivity index (χ1v) is 8.92. The zero-order chi connectivity index (χ0) is 16.5. The van der Waals surface area contributed by atoms with Crippen LogP contribution in [0.25, 0.3) is 5.57 Å². The molecule has 1 aromatic carbocycles. The molecule has 4 nitrogen and oxygen atoms in total. The van der Waals surface area contributed by atoms with Crippen molar-refractivity contribution in [3.63, 3.8) is 0 Å². The molecule has 2 aromatic rings. The van der Waals surface area contributed by atoms with Crippen LogP contribution in [-0.2, 0) is 6.42 Å². The molecule has 0 amide bonds. The second-order valence-electron chi connectivity index (χ2n) is 6.63. The number of halogens is 1. The first kappa shape index (κ1) is 15.6. The molecule has 1 heterocycles. The predicted octanol–water partition coefficient (Wildman–Crippen LogP) is 3.80. The molecule has 3 N–H and O–H groups in total. The van der Waals surface area contributed by atoms with Gasteiger partial charge in [-0.25, -0.2) is 9.97 Å². The molecule has 1 aromatic heterocycles. The van der Waals surface area contributed by atoms with Crippen molar-refractivity contribution in [3.05, 3.63) is 58.4 Å². The first-order chi connectivity index (χ1) is 11.7. The summed E-state index contributed by atoms with van der Waals surface area (Å²) in [7, 11) is 0. The van der Waals surface area contributed by atoms with Crippen LogP contribution in [0.3, 0.4) is 0 Å². The summed E-state index contributed by atoms with van der Waals surface area (Å²) in [4.78, 5) is 9.08. The van der Waals surface area contributed by atoms with Gasteiger partial charge in [0.05, 0.1) is 16.9 Å². The molecule has 4 rings (SSSR count). The SMILES string of the molecule is NC1CCC(Nc2ncc(Cl)c(C3=CCc4ccccc43)n2)CC1. The van der Waals surface area contributed by atoms with E-state index in [1.807, 2.05) is 0 Å². The Labute approximate surface area is 147 Å². The van der Waals surface area contributed by atoms with Crippen LogP contribution in [0.5, 0.6) is 0 Å². The third-order valence-electron chi connectivity index (χ3n) is 4.94. The highest BCUT2D eigenvalue weighted by molar-refractivity contribution is 6.32. The lowest BCUT2D eigenvalue weighted by Gasteiger charge is -2.26. The highest BCUT2D eigenvalue weighted by atomic mass is 35.5. The zero-order valence-electron chi connectivity index (χ0n) is 13.5. The predicted molar refractivity (Wildman–Crippen MR) is 98.1 cm³/mol. The summed E-state index contributed by atoms with van der Waals surface area (Å²) in [5.41, 5.74) is 10.4. The Balaban J connectivity index is 1.59. The van der Waals surface area contributed by atoms with Crippen LogP contribution in [0.4, 0.5) is 5.95 Å². The summed E-state index contributed by atoms with van der Waals surface area (Å²) >= 11 is 6.39. The number of nitrogens with zero attached hydrogens (tertiary/aromatic N) is 2. The van der Waals surface area contributed by atoms with Gasteiger partial charge in [0.15, 0.2) is 0 Å². The van der Waals surface area contributed by atoms with Crippen LogP contribution in [0.1, 0.15) is 42.5 Å². The smallest absolute Gasteiger partial charge is 0.223 e. The number of nitrogens with two attached hydrogens (primary N) is 1. The van der Waals surface area contributed by atoms with Crippen molar-refractivity contribution >= 4 is 23.1 Å². The van der Waals surface area contributed by atoms with Gasteiger partial charge in [-0.05, 0) is 43.2 Å². The molecule has 5 heteroatoms. The summed E-state index contributed by atoms with van der Waals surface area (Å²) in [6, 6.07) is 9.13. The van der Waals surface area contributed by atoms with Crippen molar-refractivity contribution in [2.75, 3.05) is 5.32 Å². The maximum atomic E-state index is 6.39. The van der Waals surface area contributed by atoms with Gasteiger partial charge in [-0.2, -0.15) is 0 Å². The van der Waals surface area contributed by atoms with Crippen molar-refractivity contribution in [2.45, 2.75) is 44.2 Å². The fourth-order valence-electron chi connectivity index (χ4n) is 3.58. The Hall–Kier alpha value is -1.91. The number of anilines is 1. The fraction of sp³-hybridized carbons (Fsp3) is 0.368. The number of hydrogen-bond acceptors (Lipinski definition) is 4. The lowest BCUT2D eigenvalue weighted by Crippen LogP contribution is -2.33. The molecule has 2 aliphatic rings. The monoisotopic (exact) mass is 340 g/mol. The molecule has 1 saturated carbocycles. The Morgan fingerprint density at radius 1 is 1.12 bits per heavy atom. The van der Waals surface area contributed by atoms with E-state index in [2.05, 4.69) is 40.6 Å². The van der Waals surface area contributed by atoms with Crippen molar-refractivity contribution in [2.24, 2.45) is 5.73 Å². The zero-order valence-corrected chi connectivity index (χ0v) is 14.3. The number of nitrogens with one attached hydrogen (secondary N) is 1. The van der Waals surface area contributed by atoms with Crippen molar-refractivity contribution in [3.8, 4) is 0 Å². The van der Waals surface area contributed by atoms with Gasteiger partial charge in [-0.1, -0.05) is 41.9 Å². The van der Waals surface area contributed by atoms with E-state index in [4.69, 9.17) is 22.3 Å². The van der Waals surface area contributed by atoms with Gasteiger partial charge in [0.1, 0.15) is 0 Å². The number of fused-ring (bicyclic) bond motifs is 1. The molecule has 24 heavy (non-hydrogen) atoms. The molecule has 0 unspecified atom stereocenters. The largest absolute Gasteiger partial charge is 0.351 e. The highest BCUT2D eigenvalue weighted by Gasteiger charge is 2.22. The maximum absolute atomic E-state index is 6.39. The molecule has 0 saturated heterocycles. The van der Waals surface area contributed by atoms with E-state index in [1.165, 1.54) is 11.1 Å². The van der Waals surface area contributed by atoms with Gasteiger partial charge < -0.3 is 11.1 Å². The van der Waals surface area contributed by atoms with E-state index >= 15 is 0 Å². The lowest BCUT2D eigenvalue weighted by atomic mass is 9.92. The number of allylic oxidation sites excluding steroid dienone is 1. The summed E-state index contributed by atoms with van der Waals surface area (Å²) in [5, 5.41) is 4.04. The van der Waals surface area contributed by atoms with Crippen molar-refractivity contribution in [1.82, 2.24) is 9.97 Å². The van der Waals surface area contributed by atoms with Gasteiger partial charge in [0.2, 0.25) is 5.95 Å². The molecular formula is C19H21ClN4. The molecule has 2 aliphatic carbocycles. The highest BCUT2D eigenvalue weighted by Crippen LogP contribution is 2.35. The van der Waals surface area contributed by atoms with E-state index in [0.29, 0.717) is 23.1 Å². The molecule has 0 spiro atoms. The second-order valence-corrected chi connectivity index (χ2v) is 7.03. The van der Waals surface area contributed by atoms with Crippen LogP contribution >= 0.6 is 11.6 Å². The Morgan fingerprint density at radius 2 is 1.92 bits per heavy atom. The van der Waals surface area contributed by atoms with Crippen molar-refractivity contribution in [1.29, 1.82) is 0 Å². The van der Waals surface area contributed by atoms with Gasteiger partial charge in [-0.15, -0.1) is 0 Å². The maximum Gasteiger partial charge on any atom is 0.223 e. The Morgan fingerprint density at radius 3 is 2.75 bits per heavy atom. The van der Waals surface area contributed by atoms with E-state index in [9.17, 15) is 0 Å². The Kier molecular flexibility index (Phi) is 4.25. The van der Waals surface area contributed by atoms with Gasteiger partial charge in [-0.3, -0.25) is 0 Å². The van der Waals surface area contributed by atoms with E-state index in [1.54, 1.807) is 6.20 Å². The number of rotatable bonds is 3. The summed E-state index contributed by atoms with van der Waals surface area (Å²) < 4.78 is 0. The molecule has 0 radical (unpaired) electrons. The minimum Gasteiger partial charge on any atom is -0.351 e. The molecule has 1 fully saturated rings.